The monoisotopic (exact) mass is 391 g/mol. The van der Waals surface area contributed by atoms with Crippen LogP contribution in [0.4, 0.5) is 26.4 Å². The van der Waals surface area contributed by atoms with E-state index in [9.17, 15) is 9.18 Å². The van der Waals surface area contributed by atoms with Crippen molar-refractivity contribution in [3.05, 3.63) is 66.5 Å². The third-order valence-corrected chi connectivity index (χ3v) is 4.87. The molecule has 2 amide bonds. The second-order valence-electron chi connectivity index (χ2n) is 6.99. The van der Waals surface area contributed by atoms with Crippen LogP contribution in [0.5, 0.6) is 0 Å². The van der Waals surface area contributed by atoms with Crippen LogP contribution in [-0.4, -0.2) is 29.3 Å². The molecule has 148 valence electrons. The standard InChI is InChI=1S/C22H22FN5O/c23-17-6-10-19(11-7-17)25-22(29)24-18-8-4-16(5-9-18)20-12-13-21(27-26-20)28-14-2-1-3-15-28/h4-13H,1-3,14-15H2,(H2,24,25,29). The molecule has 0 spiro atoms. The molecule has 0 aliphatic carbocycles. The summed E-state index contributed by atoms with van der Waals surface area (Å²) in [5.74, 6) is 0.572. The van der Waals surface area contributed by atoms with E-state index in [2.05, 4.69) is 25.7 Å². The fraction of sp³-hybridized carbons (Fsp3) is 0.227. The van der Waals surface area contributed by atoms with Crippen molar-refractivity contribution in [3.8, 4) is 11.3 Å². The van der Waals surface area contributed by atoms with Gasteiger partial charge in [0.2, 0.25) is 0 Å². The zero-order chi connectivity index (χ0) is 20.1. The van der Waals surface area contributed by atoms with Gasteiger partial charge in [-0.15, -0.1) is 10.2 Å². The third kappa shape index (κ3) is 4.87. The number of amides is 2. The van der Waals surface area contributed by atoms with Crippen LogP contribution >= 0.6 is 0 Å². The maximum atomic E-state index is 12.9. The quantitative estimate of drug-likeness (QED) is 0.662. The molecule has 29 heavy (non-hydrogen) atoms. The zero-order valence-electron chi connectivity index (χ0n) is 15.9. The van der Waals surface area contributed by atoms with Crippen molar-refractivity contribution >= 4 is 23.2 Å². The molecule has 2 aromatic carbocycles. The van der Waals surface area contributed by atoms with E-state index in [1.165, 1.54) is 43.5 Å². The molecule has 2 N–H and O–H groups in total. The summed E-state index contributed by atoms with van der Waals surface area (Å²) in [6, 6.07) is 16.6. The SMILES string of the molecule is O=C(Nc1ccc(F)cc1)Nc1ccc(-c2ccc(N3CCCCC3)nn2)cc1. The molecule has 0 bridgehead atoms. The Kier molecular flexibility index (Phi) is 5.65. The van der Waals surface area contributed by atoms with Gasteiger partial charge in [-0.2, -0.15) is 0 Å². The highest BCUT2D eigenvalue weighted by Crippen LogP contribution is 2.22. The highest BCUT2D eigenvalue weighted by molar-refractivity contribution is 5.99. The maximum Gasteiger partial charge on any atom is 0.323 e. The smallest absolute Gasteiger partial charge is 0.323 e. The van der Waals surface area contributed by atoms with Gasteiger partial charge in [0.15, 0.2) is 5.82 Å². The van der Waals surface area contributed by atoms with E-state index in [4.69, 9.17) is 0 Å². The molecule has 7 heteroatoms. The van der Waals surface area contributed by atoms with E-state index in [0.717, 1.165) is 30.2 Å². The Morgan fingerprint density at radius 2 is 1.41 bits per heavy atom. The van der Waals surface area contributed by atoms with Crippen molar-refractivity contribution in [2.45, 2.75) is 19.3 Å². The summed E-state index contributed by atoms with van der Waals surface area (Å²) in [6.07, 6.45) is 3.68. The first-order valence-corrected chi connectivity index (χ1v) is 9.70. The fourth-order valence-corrected chi connectivity index (χ4v) is 3.32. The lowest BCUT2D eigenvalue weighted by molar-refractivity contribution is 0.262. The molecule has 1 aromatic heterocycles. The van der Waals surface area contributed by atoms with E-state index in [-0.39, 0.29) is 5.82 Å². The minimum absolute atomic E-state index is 0.349. The first-order valence-electron chi connectivity index (χ1n) is 9.70. The molecule has 1 aliphatic heterocycles. The number of hydrogen-bond acceptors (Lipinski definition) is 4. The van der Waals surface area contributed by atoms with Gasteiger partial charge in [0.05, 0.1) is 5.69 Å². The summed E-state index contributed by atoms with van der Waals surface area (Å²) in [5, 5.41) is 14.1. The summed E-state index contributed by atoms with van der Waals surface area (Å²) in [6.45, 7) is 2.07. The number of nitrogens with zero attached hydrogens (tertiary/aromatic N) is 3. The molecule has 0 atom stereocenters. The number of nitrogens with one attached hydrogen (secondary N) is 2. The van der Waals surface area contributed by atoms with Crippen molar-refractivity contribution in [2.24, 2.45) is 0 Å². The second-order valence-corrected chi connectivity index (χ2v) is 6.99. The molecule has 3 aromatic rings. The van der Waals surface area contributed by atoms with Crippen molar-refractivity contribution < 1.29 is 9.18 Å². The summed E-state index contributed by atoms with van der Waals surface area (Å²) in [7, 11) is 0. The van der Waals surface area contributed by atoms with Crippen molar-refractivity contribution in [1.82, 2.24) is 10.2 Å². The topological polar surface area (TPSA) is 70.2 Å². The summed E-state index contributed by atoms with van der Waals surface area (Å²) >= 11 is 0. The molecule has 1 saturated heterocycles. The van der Waals surface area contributed by atoms with E-state index in [1.807, 2.05) is 24.3 Å². The van der Waals surface area contributed by atoms with Crippen LogP contribution in [0.2, 0.25) is 0 Å². The number of rotatable bonds is 4. The molecule has 6 nitrogen and oxygen atoms in total. The normalized spacial score (nSPS) is 13.8. The molecule has 1 fully saturated rings. The number of halogens is 1. The fourth-order valence-electron chi connectivity index (χ4n) is 3.32. The Bertz CT molecular complexity index is 952. The highest BCUT2D eigenvalue weighted by Gasteiger charge is 2.12. The van der Waals surface area contributed by atoms with E-state index >= 15 is 0 Å². The lowest BCUT2D eigenvalue weighted by Crippen LogP contribution is -2.30. The van der Waals surface area contributed by atoms with E-state index in [1.54, 1.807) is 12.1 Å². The van der Waals surface area contributed by atoms with Gasteiger partial charge in [-0.25, -0.2) is 9.18 Å². The minimum Gasteiger partial charge on any atom is -0.355 e. The van der Waals surface area contributed by atoms with Gasteiger partial charge in [0.1, 0.15) is 5.82 Å². The second kappa shape index (κ2) is 8.68. The Morgan fingerprint density at radius 1 is 0.793 bits per heavy atom. The van der Waals surface area contributed by atoms with Crippen LogP contribution in [0, 0.1) is 5.82 Å². The van der Waals surface area contributed by atoms with Gasteiger partial charge in [-0.1, -0.05) is 12.1 Å². The number of anilines is 3. The number of piperidine rings is 1. The van der Waals surface area contributed by atoms with Gasteiger partial charge < -0.3 is 15.5 Å². The lowest BCUT2D eigenvalue weighted by Gasteiger charge is -2.27. The largest absolute Gasteiger partial charge is 0.355 e. The van der Waals surface area contributed by atoms with Crippen molar-refractivity contribution in [1.29, 1.82) is 0 Å². The predicted molar refractivity (Wildman–Crippen MR) is 113 cm³/mol. The molecule has 0 radical (unpaired) electrons. The van der Waals surface area contributed by atoms with Crippen LogP contribution in [0.3, 0.4) is 0 Å². The van der Waals surface area contributed by atoms with Crippen LogP contribution < -0.4 is 15.5 Å². The molecular formula is C22H22FN5O. The Morgan fingerprint density at radius 3 is 2.00 bits per heavy atom. The molecule has 2 heterocycles. The molecule has 4 rings (SSSR count). The average Bonchev–Trinajstić information content (AvgIpc) is 2.77. The summed E-state index contributed by atoms with van der Waals surface area (Å²) < 4.78 is 12.9. The lowest BCUT2D eigenvalue weighted by atomic mass is 10.1. The molecule has 0 unspecified atom stereocenters. The van der Waals surface area contributed by atoms with E-state index in [0.29, 0.717) is 11.4 Å². The Labute approximate surface area is 168 Å². The number of hydrogen-bond donors (Lipinski definition) is 2. The molecular weight excluding hydrogens is 369 g/mol. The Hall–Kier alpha value is -3.48. The number of urea groups is 1. The van der Waals surface area contributed by atoms with Gasteiger partial charge in [-0.3, -0.25) is 0 Å². The predicted octanol–water partition coefficient (Wildman–Crippen LogP) is 4.92. The van der Waals surface area contributed by atoms with Crippen LogP contribution in [0.25, 0.3) is 11.3 Å². The van der Waals surface area contributed by atoms with Crippen LogP contribution in [0.15, 0.2) is 60.7 Å². The maximum absolute atomic E-state index is 12.9. The van der Waals surface area contributed by atoms with Crippen LogP contribution in [0.1, 0.15) is 19.3 Å². The minimum atomic E-state index is -0.393. The average molecular weight is 391 g/mol. The van der Waals surface area contributed by atoms with Crippen molar-refractivity contribution in [3.63, 3.8) is 0 Å². The highest BCUT2D eigenvalue weighted by atomic mass is 19.1. The van der Waals surface area contributed by atoms with Gasteiger partial charge in [0, 0.05) is 30.0 Å². The number of aromatic nitrogens is 2. The van der Waals surface area contributed by atoms with E-state index < -0.39 is 6.03 Å². The first-order chi connectivity index (χ1) is 14.2. The zero-order valence-corrected chi connectivity index (χ0v) is 15.9. The van der Waals surface area contributed by atoms with Gasteiger partial charge in [-0.05, 0) is 67.8 Å². The van der Waals surface area contributed by atoms with Gasteiger partial charge in [0.25, 0.3) is 0 Å². The number of carbonyl (C=O) groups is 1. The first kappa shape index (κ1) is 18.9. The summed E-state index contributed by atoms with van der Waals surface area (Å²) in [4.78, 5) is 14.3. The number of carbonyl (C=O) groups excluding carboxylic acids is 1. The summed E-state index contributed by atoms with van der Waals surface area (Å²) in [5.41, 5.74) is 2.87. The molecule has 1 aliphatic rings. The molecule has 0 saturated carbocycles. The third-order valence-electron chi connectivity index (χ3n) is 4.87. The van der Waals surface area contributed by atoms with Gasteiger partial charge >= 0.3 is 6.03 Å². The number of benzene rings is 2. The van der Waals surface area contributed by atoms with Crippen LogP contribution in [-0.2, 0) is 0 Å². The van der Waals surface area contributed by atoms with Crippen molar-refractivity contribution in [2.75, 3.05) is 28.6 Å². The Balaban J connectivity index is 1.37.